The molecule has 0 saturated heterocycles. The van der Waals surface area contributed by atoms with Crippen LogP contribution in [0.5, 0.6) is 0 Å². The lowest BCUT2D eigenvalue weighted by Crippen LogP contribution is -2.42. The fraction of sp³-hybridized carbons (Fsp3) is 0.600. The van der Waals surface area contributed by atoms with Crippen LogP contribution in [-0.4, -0.2) is 18.1 Å². The summed E-state index contributed by atoms with van der Waals surface area (Å²) in [5, 5.41) is 19.5. The van der Waals surface area contributed by atoms with Gasteiger partial charge in [-0.25, -0.2) is 0 Å². The zero-order chi connectivity index (χ0) is 9.07. The van der Waals surface area contributed by atoms with Crippen molar-refractivity contribution in [3.63, 3.8) is 0 Å². The number of hydrogen-bond acceptors (Lipinski definition) is 6. The third kappa shape index (κ3) is 5.01. The van der Waals surface area contributed by atoms with Gasteiger partial charge in [-0.1, -0.05) is 0 Å². The SMILES string of the molecule is CC(C)(OC(=O)[O-])OC(=O)[O-]. The van der Waals surface area contributed by atoms with Crippen LogP contribution in [0.2, 0.25) is 0 Å². The Morgan fingerprint density at radius 2 is 1.36 bits per heavy atom. The zero-order valence-corrected chi connectivity index (χ0v) is 5.95. The summed E-state index contributed by atoms with van der Waals surface area (Å²) in [5.41, 5.74) is 0. The van der Waals surface area contributed by atoms with E-state index in [-0.39, 0.29) is 0 Å². The highest BCUT2D eigenvalue weighted by atomic mass is 16.8. The zero-order valence-electron chi connectivity index (χ0n) is 5.95. The molecule has 6 heteroatoms. The number of ether oxygens (including phenoxy) is 2. The first-order chi connectivity index (χ1) is 4.83. The van der Waals surface area contributed by atoms with Gasteiger partial charge in [-0.05, 0) is 13.8 Å². The first-order valence-electron chi connectivity index (χ1n) is 2.63. The molecular formula is C5H6O6-2. The predicted octanol–water partition coefficient (Wildman–Crippen LogP) is -1.56. The van der Waals surface area contributed by atoms with Crippen molar-refractivity contribution >= 4 is 12.3 Å². The first kappa shape index (κ1) is 9.54. The van der Waals surface area contributed by atoms with Gasteiger partial charge >= 0.3 is 0 Å². The highest BCUT2D eigenvalue weighted by Gasteiger charge is 2.13. The Labute approximate surface area is 62.3 Å². The lowest BCUT2D eigenvalue weighted by Gasteiger charge is -2.33. The van der Waals surface area contributed by atoms with E-state index >= 15 is 0 Å². The van der Waals surface area contributed by atoms with E-state index in [4.69, 9.17) is 0 Å². The maximum absolute atomic E-state index is 9.77. The minimum atomic E-state index is -1.86. The van der Waals surface area contributed by atoms with Crippen LogP contribution >= 0.6 is 0 Å². The van der Waals surface area contributed by atoms with Crippen LogP contribution in [0.25, 0.3) is 0 Å². The van der Waals surface area contributed by atoms with Crippen molar-refractivity contribution in [2.45, 2.75) is 19.6 Å². The molecule has 0 fully saturated rings. The molecule has 0 aliphatic rings. The van der Waals surface area contributed by atoms with E-state index in [1.54, 1.807) is 0 Å². The van der Waals surface area contributed by atoms with Gasteiger partial charge in [-0.15, -0.1) is 0 Å². The molecule has 6 nitrogen and oxygen atoms in total. The number of carbonyl (C=O) groups excluding carboxylic acids is 2. The molecular weight excluding hydrogens is 156 g/mol. The van der Waals surface area contributed by atoms with Gasteiger partial charge in [0.05, 0.1) is 0 Å². The lowest BCUT2D eigenvalue weighted by atomic mass is 10.4. The van der Waals surface area contributed by atoms with Crippen LogP contribution in [0.1, 0.15) is 13.8 Å². The molecule has 0 aliphatic carbocycles. The number of carboxylic acid groups (broad SMARTS) is 2. The fourth-order valence-electron chi connectivity index (χ4n) is 0.422. The summed E-state index contributed by atoms with van der Waals surface area (Å²) in [7, 11) is 0. The highest BCUT2D eigenvalue weighted by molar-refractivity contribution is 5.57. The maximum Gasteiger partial charge on any atom is 0.253 e. The van der Waals surface area contributed by atoms with E-state index < -0.39 is 18.1 Å². The minimum Gasteiger partial charge on any atom is -0.524 e. The normalized spacial score (nSPS) is 10.4. The molecule has 0 amide bonds. The van der Waals surface area contributed by atoms with Gasteiger partial charge in [-0.2, -0.15) is 0 Å². The molecule has 0 spiro atoms. The second-order valence-electron chi connectivity index (χ2n) is 2.10. The average molecular weight is 162 g/mol. The summed E-state index contributed by atoms with van der Waals surface area (Å²) >= 11 is 0. The number of hydrogen-bond donors (Lipinski definition) is 0. The van der Waals surface area contributed by atoms with E-state index in [0.29, 0.717) is 0 Å². The van der Waals surface area contributed by atoms with E-state index in [0.717, 1.165) is 13.8 Å². The Kier molecular flexibility index (Phi) is 2.68. The van der Waals surface area contributed by atoms with Crippen molar-refractivity contribution < 1.29 is 29.3 Å². The van der Waals surface area contributed by atoms with Gasteiger partial charge in [0.2, 0.25) is 0 Å². The standard InChI is InChI=1S/C5H8O6/c1-5(2,10-3(6)7)11-4(8)9/h1-2H3,(H,6,7)(H,8,9)/p-2. The molecule has 64 valence electrons. The summed E-state index contributed by atoms with van der Waals surface area (Å²) in [6.45, 7) is 2.19. The molecule has 11 heavy (non-hydrogen) atoms. The van der Waals surface area contributed by atoms with Gasteiger partial charge in [0.25, 0.3) is 12.3 Å². The molecule has 0 aromatic rings. The number of carbonyl (C=O) groups is 2. The van der Waals surface area contributed by atoms with Crippen LogP contribution in [-0.2, 0) is 9.47 Å². The molecule has 0 N–H and O–H groups in total. The molecule has 0 aliphatic heterocycles. The van der Waals surface area contributed by atoms with Gasteiger partial charge in [0, 0.05) is 0 Å². The van der Waals surface area contributed by atoms with Crippen molar-refractivity contribution in [3.05, 3.63) is 0 Å². The van der Waals surface area contributed by atoms with E-state index in [1.807, 2.05) is 0 Å². The summed E-state index contributed by atoms with van der Waals surface area (Å²) in [5.74, 6) is -1.78. The van der Waals surface area contributed by atoms with Crippen molar-refractivity contribution in [2.24, 2.45) is 0 Å². The maximum atomic E-state index is 9.77. The molecule has 0 aromatic heterocycles. The Hall–Kier alpha value is -1.46. The second kappa shape index (κ2) is 3.09. The molecule has 0 unspecified atom stereocenters. The predicted molar refractivity (Wildman–Crippen MR) is 27.0 cm³/mol. The van der Waals surface area contributed by atoms with Gasteiger partial charge in [0.15, 0.2) is 0 Å². The molecule has 0 rings (SSSR count). The number of rotatable bonds is 2. The lowest BCUT2D eigenvalue weighted by molar-refractivity contribution is -0.337. The Balaban J connectivity index is 3.99. The third-order valence-corrected chi connectivity index (χ3v) is 0.658. The summed E-state index contributed by atoms with van der Waals surface area (Å²) < 4.78 is 7.82. The van der Waals surface area contributed by atoms with Crippen LogP contribution in [0.15, 0.2) is 0 Å². The minimum absolute atomic E-state index is 1.10. The van der Waals surface area contributed by atoms with Crippen molar-refractivity contribution in [2.75, 3.05) is 0 Å². The molecule has 0 atom stereocenters. The topological polar surface area (TPSA) is 98.7 Å². The Morgan fingerprint density at radius 1 is 1.09 bits per heavy atom. The fourth-order valence-corrected chi connectivity index (χ4v) is 0.422. The summed E-state index contributed by atoms with van der Waals surface area (Å²) in [6.07, 6.45) is -3.73. The largest absolute Gasteiger partial charge is 0.524 e. The quantitative estimate of drug-likeness (QED) is 0.359. The smallest absolute Gasteiger partial charge is 0.253 e. The summed E-state index contributed by atoms with van der Waals surface area (Å²) in [4.78, 5) is 19.5. The van der Waals surface area contributed by atoms with Crippen LogP contribution < -0.4 is 10.2 Å². The second-order valence-corrected chi connectivity index (χ2v) is 2.10. The van der Waals surface area contributed by atoms with E-state index in [2.05, 4.69) is 9.47 Å². The highest BCUT2D eigenvalue weighted by Crippen LogP contribution is 2.09. The van der Waals surface area contributed by atoms with Gasteiger partial charge in [0.1, 0.15) is 5.79 Å². The van der Waals surface area contributed by atoms with E-state index in [9.17, 15) is 19.8 Å². The van der Waals surface area contributed by atoms with Gasteiger partial charge in [-0.3, -0.25) is 0 Å². The third-order valence-electron chi connectivity index (χ3n) is 0.658. The monoisotopic (exact) mass is 162 g/mol. The van der Waals surface area contributed by atoms with Crippen LogP contribution in [0, 0.1) is 0 Å². The summed E-state index contributed by atoms with van der Waals surface area (Å²) in [6, 6.07) is 0. The van der Waals surface area contributed by atoms with Crippen molar-refractivity contribution in [1.29, 1.82) is 0 Å². The first-order valence-corrected chi connectivity index (χ1v) is 2.63. The molecule has 0 saturated carbocycles. The Morgan fingerprint density at radius 3 is 1.55 bits per heavy atom. The van der Waals surface area contributed by atoms with Gasteiger partial charge < -0.3 is 29.3 Å². The van der Waals surface area contributed by atoms with E-state index in [1.165, 1.54) is 0 Å². The van der Waals surface area contributed by atoms with Crippen LogP contribution in [0.3, 0.4) is 0 Å². The van der Waals surface area contributed by atoms with Crippen molar-refractivity contribution in [3.8, 4) is 0 Å². The molecule has 0 heterocycles. The average Bonchev–Trinajstić information content (AvgIpc) is 1.53. The Bertz CT molecular complexity index is 154. The molecule has 0 radical (unpaired) electrons. The van der Waals surface area contributed by atoms with Crippen molar-refractivity contribution in [1.82, 2.24) is 0 Å². The molecule has 0 bridgehead atoms. The molecule has 0 aromatic carbocycles. The van der Waals surface area contributed by atoms with Crippen LogP contribution in [0.4, 0.5) is 9.59 Å².